The van der Waals surface area contributed by atoms with Gasteiger partial charge in [-0.1, -0.05) is 11.6 Å². The van der Waals surface area contributed by atoms with Crippen molar-refractivity contribution in [3.8, 4) is 0 Å². The first-order valence-corrected chi connectivity index (χ1v) is 9.36. The number of hydrogen-bond donors (Lipinski definition) is 0. The fourth-order valence-electron chi connectivity index (χ4n) is 2.99. The first-order chi connectivity index (χ1) is 11.3. The van der Waals surface area contributed by atoms with Gasteiger partial charge in [0.15, 0.2) is 0 Å². The van der Waals surface area contributed by atoms with Gasteiger partial charge in [0.1, 0.15) is 22.7 Å². The number of aromatic nitrogens is 3. The van der Waals surface area contributed by atoms with Crippen LogP contribution in [-0.4, -0.2) is 43.7 Å². The minimum Gasteiger partial charge on any atom is -0.444 e. The average molecular weight is 463 g/mol. The van der Waals surface area contributed by atoms with Crippen molar-refractivity contribution in [1.82, 2.24) is 19.4 Å². The summed E-state index contributed by atoms with van der Waals surface area (Å²) in [5.74, 6) is 0. The molecule has 0 saturated carbocycles. The lowest BCUT2D eigenvalue weighted by Crippen LogP contribution is -2.41. The highest BCUT2D eigenvalue weighted by molar-refractivity contribution is 14.1. The third-order valence-electron chi connectivity index (χ3n) is 3.97. The minimum atomic E-state index is -0.486. The maximum Gasteiger partial charge on any atom is 0.410 e. The Bertz CT molecular complexity index is 771. The molecule has 3 heterocycles. The third kappa shape index (κ3) is 3.61. The van der Waals surface area contributed by atoms with E-state index in [-0.39, 0.29) is 12.1 Å². The number of ether oxygens (including phenoxy) is 1. The lowest BCUT2D eigenvalue weighted by Gasteiger charge is -2.28. The number of nitrogens with zero attached hydrogens (tertiary/aromatic N) is 4. The molecule has 0 N–H and O–H groups in total. The number of rotatable bonds is 2. The molecule has 1 atom stereocenters. The molecule has 24 heavy (non-hydrogen) atoms. The lowest BCUT2D eigenvalue weighted by atomic mass is 10.2. The fraction of sp³-hybridized carbons (Fsp3) is 0.562. The summed E-state index contributed by atoms with van der Waals surface area (Å²) in [7, 11) is 0. The summed E-state index contributed by atoms with van der Waals surface area (Å²) < 4.78 is 8.59. The topological polar surface area (TPSA) is 60.2 Å². The first-order valence-electron chi connectivity index (χ1n) is 7.91. The van der Waals surface area contributed by atoms with Crippen molar-refractivity contribution in [3.63, 3.8) is 0 Å². The minimum absolute atomic E-state index is 0.0972. The number of hydrogen-bond acceptors (Lipinski definition) is 4. The van der Waals surface area contributed by atoms with Crippen LogP contribution in [-0.2, 0) is 11.3 Å². The van der Waals surface area contributed by atoms with Crippen molar-refractivity contribution in [2.24, 2.45) is 0 Å². The van der Waals surface area contributed by atoms with Gasteiger partial charge in [0.25, 0.3) is 0 Å². The van der Waals surface area contributed by atoms with Gasteiger partial charge in [-0.2, -0.15) is 0 Å². The average Bonchev–Trinajstić information content (AvgIpc) is 3.04. The smallest absolute Gasteiger partial charge is 0.410 e. The number of amides is 1. The molecule has 0 radical (unpaired) electrons. The van der Waals surface area contributed by atoms with Crippen LogP contribution < -0.4 is 0 Å². The highest BCUT2D eigenvalue weighted by Crippen LogP contribution is 2.29. The van der Waals surface area contributed by atoms with E-state index in [2.05, 4.69) is 37.1 Å². The molecule has 0 aromatic carbocycles. The molecule has 3 rings (SSSR count). The largest absolute Gasteiger partial charge is 0.444 e. The van der Waals surface area contributed by atoms with E-state index in [4.69, 9.17) is 16.3 Å². The normalized spacial score (nSPS) is 18.4. The number of halogens is 2. The summed E-state index contributed by atoms with van der Waals surface area (Å²) in [5.41, 5.74) is 0.316. The van der Waals surface area contributed by atoms with Gasteiger partial charge in [-0.3, -0.25) is 0 Å². The maximum absolute atomic E-state index is 12.4. The van der Waals surface area contributed by atoms with Gasteiger partial charge < -0.3 is 14.2 Å². The summed E-state index contributed by atoms with van der Waals surface area (Å²) in [5, 5.41) is 1.32. The quantitative estimate of drug-likeness (QED) is 0.498. The number of likely N-dealkylation sites (tertiary alicyclic amines) is 1. The second-order valence-electron chi connectivity index (χ2n) is 6.96. The van der Waals surface area contributed by atoms with Gasteiger partial charge in [0.2, 0.25) is 0 Å². The number of carbonyl (C=O) groups excluding carboxylic acids is 1. The molecule has 0 spiro atoms. The van der Waals surface area contributed by atoms with E-state index >= 15 is 0 Å². The second-order valence-corrected chi connectivity index (χ2v) is 8.48. The summed E-state index contributed by atoms with van der Waals surface area (Å²) in [4.78, 5) is 22.7. The van der Waals surface area contributed by atoms with E-state index in [1.54, 1.807) is 0 Å². The molecule has 1 aliphatic heterocycles. The van der Waals surface area contributed by atoms with E-state index in [1.807, 2.05) is 31.9 Å². The molecule has 6 nitrogen and oxygen atoms in total. The SMILES string of the molecule is CC(C)(C)OC(=O)N1CCC[C@@H]1Cn1cc(I)c2c(Cl)ncnc21. The Morgan fingerprint density at radius 1 is 1.46 bits per heavy atom. The summed E-state index contributed by atoms with van der Waals surface area (Å²) >= 11 is 8.43. The van der Waals surface area contributed by atoms with Crippen LogP contribution in [0.3, 0.4) is 0 Å². The molecule has 0 unspecified atom stereocenters. The molecule has 1 saturated heterocycles. The fourth-order valence-corrected chi connectivity index (χ4v) is 4.22. The number of carbonyl (C=O) groups is 1. The predicted molar refractivity (Wildman–Crippen MR) is 101 cm³/mol. The molecule has 0 aliphatic carbocycles. The zero-order valence-electron chi connectivity index (χ0n) is 13.9. The maximum atomic E-state index is 12.4. The zero-order valence-corrected chi connectivity index (χ0v) is 16.8. The molecular formula is C16H20ClIN4O2. The van der Waals surface area contributed by atoms with Crippen molar-refractivity contribution >= 4 is 51.3 Å². The molecule has 8 heteroatoms. The molecule has 1 fully saturated rings. The van der Waals surface area contributed by atoms with Crippen LogP contribution in [0.2, 0.25) is 5.15 Å². The van der Waals surface area contributed by atoms with Crippen LogP contribution in [0.4, 0.5) is 4.79 Å². The van der Waals surface area contributed by atoms with E-state index in [0.29, 0.717) is 11.7 Å². The second kappa shape index (κ2) is 6.67. The molecular weight excluding hydrogens is 443 g/mol. The van der Waals surface area contributed by atoms with Gasteiger partial charge in [-0.05, 0) is 56.2 Å². The van der Waals surface area contributed by atoms with Crippen LogP contribution in [0.1, 0.15) is 33.6 Å². The summed E-state index contributed by atoms with van der Waals surface area (Å²) in [6.45, 7) is 7.06. The predicted octanol–water partition coefficient (Wildman–Crippen LogP) is 4.09. The van der Waals surface area contributed by atoms with Crippen molar-refractivity contribution in [2.45, 2.75) is 51.8 Å². The van der Waals surface area contributed by atoms with E-state index in [1.165, 1.54) is 6.33 Å². The highest BCUT2D eigenvalue weighted by Gasteiger charge is 2.32. The Kier molecular flexibility index (Phi) is 4.92. The molecule has 0 bridgehead atoms. The van der Waals surface area contributed by atoms with Crippen LogP contribution in [0, 0.1) is 3.57 Å². The van der Waals surface area contributed by atoms with E-state index < -0.39 is 5.60 Å². The molecule has 2 aromatic heterocycles. The summed E-state index contributed by atoms with van der Waals surface area (Å²) in [6.07, 6.45) is 5.17. The van der Waals surface area contributed by atoms with E-state index in [0.717, 1.165) is 34.0 Å². The van der Waals surface area contributed by atoms with Gasteiger partial charge in [-0.15, -0.1) is 0 Å². The van der Waals surface area contributed by atoms with Gasteiger partial charge in [0, 0.05) is 22.9 Å². The molecule has 1 amide bonds. The Hall–Kier alpha value is -1.09. The van der Waals surface area contributed by atoms with Crippen molar-refractivity contribution in [1.29, 1.82) is 0 Å². The Balaban J connectivity index is 1.83. The molecule has 1 aliphatic rings. The Labute approximate surface area is 159 Å². The number of fused-ring (bicyclic) bond motifs is 1. The van der Waals surface area contributed by atoms with Gasteiger partial charge in [0.05, 0.1) is 11.4 Å². The molecule has 130 valence electrons. The third-order valence-corrected chi connectivity index (χ3v) is 5.08. The standard InChI is InChI=1S/C16H20ClIN4O2/c1-16(2,3)24-15(23)22-6-4-5-10(22)7-21-8-11(18)12-13(17)19-9-20-14(12)21/h8-10H,4-7H2,1-3H3/t10-/m1/s1. The van der Waals surface area contributed by atoms with Crippen LogP contribution in [0.25, 0.3) is 11.0 Å². The van der Waals surface area contributed by atoms with Crippen LogP contribution in [0.5, 0.6) is 0 Å². The summed E-state index contributed by atoms with van der Waals surface area (Å²) in [6, 6.07) is 0.0972. The van der Waals surface area contributed by atoms with Crippen molar-refractivity contribution in [2.75, 3.05) is 6.54 Å². The van der Waals surface area contributed by atoms with Crippen molar-refractivity contribution in [3.05, 3.63) is 21.2 Å². The molecule has 2 aromatic rings. The highest BCUT2D eigenvalue weighted by atomic mass is 127. The van der Waals surface area contributed by atoms with Crippen LogP contribution >= 0.6 is 34.2 Å². The Morgan fingerprint density at radius 2 is 2.21 bits per heavy atom. The van der Waals surface area contributed by atoms with Gasteiger partial charge >= 0.3 is 6.09 Å². The first kappa shape index (κ1) is 17.7. The van der Waals surface area contributed by atoms with Gasteiger partial charge in [-0.25, -0.2) is 14.8 Å². The zero-order chi connectivity index (χ0) is 17.5. The monoisotopic (exact) mass is 462 g/mol. The lowest BCUT2D eigenvalue weighted by molar-refractivity contribution is 0.0215. The van der Waals surface area contributed by atoms with E-state index in [9.17, 15) is 4.79 Å². The Morgan fingerprint density at radius 3 is 2.92 bits per heavy atom. The van der Waals surface area contributed by atoms with Crippen molar-refractivity contribution < 1.29 is 9.53 Å². The van der Waals surface area contributed by atoms with Crippen LogP contribution in [0.15, 0.2) is 12.5 Å².